The molecule has 0 atom stereocenters. The number of pyridine rings is 1. The fraction of sp³-hybridized carbons (Fsp3) is 0.214. The van der Waals surface area contributed by atoms with Crippen LogP contribution in [0, 0.1) is 0 Å². The van der Waals surface area contributed by atoms with E-state index in [1.807, 2.05) is 79.7 Å². The molecule has 0 saturated carbocycles. The van der Waals surface area contributed by atoms with E-state index in [1.165, 1.54) is 0 Å². The van der Waals surface area contributed by atoms with Gasteiger partial charge in [-0.3, -0.25) is 4.79 Å². The van der Waals surface area contributed by atoms with Gasteiger partial charge in [-0.15, -0.1) is 0 Å². The summed E-state index contributed by atoms with van der Waals surface area (Å²) in [6.07, 6.45) is 0.668. The maximum atomic E-state index is 13.2. The number of aromatic nitrogens is 1. The highest BCUT2D eigenvalue weighted by Crippen LogP contribution is 2.28. The van der Waals surface area contributed by atoms with Crippen molar-refractivity contribution in [2.45, 2.75) is 13.3 Å². The quantitative estimate of drug-likeness (QED) is 0.371. The molecule has 1 heterocycles. The molecule has 0 aliphatic rings. The molecule has 3 aromatic carbocycles. The molecule has 0 unspecified atom stereocenters. The Labute approximate surface area is 199 Å². The summed E-state index contributed by atoms with van der Waals surface area (Å²) < 4.78 is 16.2. The van der Waals surface area contributed by atoms with E-state index in [-0.39, 0.29) is 5.91 Å². The van der Waals surface area contributed by atoms with Gasteiger partial charge in [-0.2, -0.15) is 0 Å². The van der Waals surface area contributed by atoms with Gasteiger partial charge in [0.05, 0.1) is 37.6 Å². The third-order valence-corrected chi connectivity index (χ3v) is 5.57. The van der Waals surface area contributed by atoms with Gasteiger partial charge in [0.25, 0.3) is 5.91 Å². The molecular formula is C28H28N2O4. The molecule has 174 valence electrons. The van der Waals surface area contributed by atoms with E-state index in [2.05, 4.69) is 5.32 Å². The third-order valence-electron chi connectivity index (χ3n) is 5.57. The minimum absolute atomic E-state index is 0.133. The van der Waals surface area contributed by atoms with E-state index in [1.54, 1.807) is 14.2 Å². The van der Waals surface area contributed by atoms with Gasteiger partial charge in [-0.05, 0) is 67.4 Å². The number of methoxy groups -OCH3 is 2. The molecule has 0 saturated heterocycles. The first-order valence-corrected chi connectivity index (χ1v) is 11.2. The SMILES string of the molecule is CCOc1ccc(-c2cc(C(=O)NCCc3ccc(OC)c(OC)c3)c3ccccc3n2)cc1. The Bertz CT molecular complexity index is 1290. The molecule has 0 fully saturated rings. The second kappa shape index (κ2) is 10.7. The molecule has 0 aliphatic carbocycles. The first-order chi connectivity index (χ1) is 16.6. The van der Waals surface area contributed by atoms with Crippen molar-refractivity contribution < 1.29 is 19.0 Å². The molecule has 4 aromatic rings. The van der Waals surface area contributed by atoms with Crippen molar-refractivity contribution in [2.75, 3.05) is 27.4 Å². The molecular weight excluding hydrogens is 428 g/mol. The van der Waals surface area contributed by atoms with Crippen molar-refractivity contribution in [3.63, 3.8) is 0 Å². The summed E-state index contributed by atoms with van der Waals surface area (Å²) in [5.41, 5.74) is 4.09. The summed E-state index contributed by atoms with van der Waals surface area (Å²) in [6, 6.07) is 23.1. The van der Waals surface area contributed by atoms with Gasteiger partial charge in [-0.1, -0.05) is 24.3 Å². The summed E-state index contributed by atoms with van der Waals surface area (Å²) in [6.45, 7) is 3.05. The fourth-order valence-electron chi connectivity index (χ4n) is 3.85. The minimum Gasteiger partial charge on any atom is -0.494 e. The van der Waals surface area contributed by atoms with Crippen LogP contribution in [0.25, 0.3) is 22.2 Å². The fourth-order valence-corrected chi connectivity index (χ4v) is 3.85. The van der Waals surface area contributed by atoms with Crippen LogP contribution >= 0.6 is 0 Å². The smallest absolute Gasteiger partial charge is 0.252 e. The number of hydrogen-bond donors (Lipinski definition) is 1. The highest BCUT2D eigenvalue weighted by Gasteiger charge is 2.14. The molecule has 1 amide bonds. The van der Waals surface area contributed by atoms with Crippen LogP contribution in [-0.2, 0) is 6.42 Å². The zero-order valence-corrected chi connectivity index (χ0v) is 19.6. The summed E-state index contributed by atoms with van der Waals surface area (Å²) in [5.74, 6) is 2.03. The molecule has 0 bridgehead atoms. The number of carbonyl (C=O) groups is 1. The Hall–Kier alpha value is -4.06. The summed E-state index contributed by atoms with van der Waals surface area (Å²) in [4.78, 5) is 18.0. The topological polar surface area (TPSA) is 69.7 Å². The van der Waals surface area contributed by atoms with Crippen LogP contribution in [-0.4, -0.2) is 38.3 Å². The number of carbonyl (C=O) groups excluding carboxylic acids is 1. The van der Waals surface area contributed by atoms with Crippen LogP contribution in [0.3, 0.4) is 0 Å². The third kappa shape index (κ3) is 5.12. The average molecular weight is 457 g/mol. The van der Waals surface area contributed by atoms with E-state index in [9.17, 15) is 4.79 Å². The van der Waals surface area contributed by atoms with Gasteiger partial charge in [0.2, 0.25) is 0 Å². The van der Waals surface area contributed by atoms with E-state index < -0.39 is 0 Å². The van der Waals surface area contributed by atoms with Gasteiger partial charge in [0.15, 0.2) is 11.5 Å². The Kier molecular flexibility index (Phi) is 7.28. The van der Waals surface area contributed by atoms with Crippen LogP contribution in [0.5, 0.6) is 17.2 Å². The molecule has 34 heavy (non-hydrogen) atoms. The predicted octanol–water partition coefficient (Wildman–Crippen LogP) is 5.29. The van der Waals surface area contributed by atoms with Crippen LogP contribution in [0.15, 0.2) is 72.8 Å². The van der Waals surface area contributed by atoms with Gasteiger partial charge >= 0.3 is 0 Å². The number of rotatable bonds is 9. The predicted molar refractivity (Wildman–Crippen MR) is 134 cm³/mol. The lowest BCUT2D eigenvalue weighted by molar-refractivity contribution is 0.0955. The number of nitrogens with one attached hydrogen (secondary N) is 1. The average Bonchev–Trinajstić information content (AvgIpc) is 2.88. The highest BCUT2D eigenvalue weighted by molar-refractivity contribution is 6.07. The first kappa shape index (κ1) is 23.1. The van der Waals surface area contributed by atoms with Crippen LogP contribution in [0.2, 0.25) is 0 Å². The van der Waals surface area contributed by atoms with Crippen molar-refractivity contribution in [1.29, 1.82) is 0 Å². The number of fused-ring (bicyclic) bond motifs is 1. The highest BCUT2D eigenvalue weighted by atomic mass is 16.5. The summed E-state index contributed by atoms with van der Waals surface area (Å²) in [5, 5.41) is 3.87. The second-order valence-corrected chi connectivity index (χ2v) is 7.72. The molecule has 0 aliphatic heterocycles. The van der Waals surface area contributed by atoms with Gasteiger partial charge in [0.1, 0.15) is 5.75 Å². The molecule has 1 aromatic heterocycles. The number of amides is 1. The monoisotopic (exact) mass is 456 g/mol. The zero-order valence-electron chi connectivity index (χ0n) is 19.6. The number of benzene rings is 3. The first-order valence-electron chi connectivity index (χ1n) is 11.2. The maximum absolute atomic E-state index is 13.2. The Balaban J connectivity index is 1.55. The molecule has 6 heteroatoms. The number of nitrogens with zero attached hydrogens (tertiary/aromatic N) is 1. The van der Waals surface area contributed by atoms with Crippen molar-refractivity contribution >= 4 is 16.8 Å². The molecule has 1 N–H and O–H groups in total. The molecule has 4 rings (SSSR count). The molecule has 0 spiro atoms. The van der Waals surface area contributed by atoms with E-state index in [4.69, 9.17) is 19.2 Å². The minimum atomic E-state index is -0.133. The Morgan fingerprint density at radius 1 is 0.912 bits per heavy atom. The number of hydrogen-bond acceptors (Lipinski definition) is 5. The van der Waals surface area contributed by atoms with Crippen LogP contribution in [0.4, 0.5) is 0 Å². The standard InChI is InChI=1S/C28H28N2O4/c1-4-34-21-12-10-20(11-13-21)25-18-23(22-7-5-6-8-24(22)30-25)28(31)29-16-15-19-9-14-26(32-2)27(17-19)33-3/h5-14,17-18H,4,15-16H2,1-3H3,(H,29,31). The molecule has 6 nitrogen and oxygen atoms in total. The molecule has 0 radical (unpaired) electrons. The van der Waals surface area contributed by atoms with Gasteiger partial charge < -0.3 is 19.5 Å². The van der Waals surface area contributed by atoms with Gasteiger partial charge in [-0.25, -0.2) is 4.98 Å². The van der Waals surface area contributed by atoms with Crippen molar-refractivity contribution in [1.82, 2.24) is 10.3 Å². The Morgan fingerprint density at radius 3 is 2.41 bits per heavy atom. The van der Waals surface area contributed by atoms with Crippen molar-refractivity contribution in [3.8, 4) is 28.5 Å². The van der Waals surface area contributed by atoms with Crippen molar-refractivity contribution in [2.24, 2.45) is 0 Å². The van der Waals surface area contributed by atoms with Crippen LogP contribution < -0.4 is 19.5 Å². The lowest BCUT2D eigenvalue weighted by atomic mass is 10.0. The van der Waals surface area contributed by atoms with Gasteiger partial charge in [0, 0.05) is 17.5 Å². The van der Waals surface area contributed by atoms with E-state index in [0.717, 1.165) is 33.5 Å². The van der Waals surface area contributed by atoms with Crippen LogP contribution in [0.1, 0.15) is 22.8 Å². The summed E-state index contributed by atoms with van der Waals surface area (Å²) >= 11 is 0. The summed E-state index contributed by atoms with van der Waals surface area (Å²) in [7, 11) is 3.22. The number of ether oxygens (including phenoxy) is 3. The van der Waals surface area contributed by atoms with Crippen molar-refractivity contribution in [3.05, 3.63) is 83.9 Å². The van der Waals surface area contributed by atoms with E-state index in [0.29, 0.717) is 36.6 Å². The van der Waals surface area contributed by atoms with E-state index >= 15 is 0 Å². The zero-order chi connectivity index (χ0) is 23.9. The lowest BCUT2D eigenvalue weighted by Gasteiger charge is -2.12. The lowest BCUT2D eigenvalue weighted by Crippen LogP contribution is -2.26. The maximum Gasteiger partial charge on any atom is 0.252 e. The Morgan fingerprint density at radius 2 is 1.68 bits per heavy atom. The second-order valence-electron chi connectivity index (χ2n) is 7.72. The number of para-hydroxylation sites is 1. The largest absolute Gasteiger partial charge is 0.494 e. The normalized spacial score (nSPS) is 10.7.